The van der Waals surface area contributed by atoms with E-state index in [0.29, 0.717) is 6.54 Å². The normalized spacial score (nSPS) is 11.9. The minimum atomic E-state index is -1.29. The van der Waals surface area contributed by atoms with Crippen LogP contribution in [-0.2, 0) is 4.79 Å². The number of carboxylic acid groups (broad SMARTS) is 1. The molecule has 1 amide bonds. The van der Waals surface area contributed by atoms with Crippen molar-refractivity contribution in [2.75, 3.05) is 11.9 Å². The van der Waals surface area contributed by atoms with Crippen molar-refractivity contribution in [3.8, 4) is 0 Å². The Morgan fingerprint density at radius 3 is 2.72 bits per heavy atom. The lowest BCUT2D eigenvalue weighted by Gasteiger charge is -2.11. The van der Waals surface area contributed by atoms with Crippen molar-refractivity contribution in [3.05, 3.63) is 29.6 Å². The molecule has 1 atom stereocenters. The first-order valence-corrected chi connectivity index (χ1v) is 5.46. The van der Waals surface area contributed by atoms with E-state index in [4.69, 9.17) is 10.8 Å². The highest BCUT2D eigenvalue weighted by Gasteiger charge is 2.14. The van der Waals surface area contributed by atoms with Crippen molar-refractivity contribution < 1.29 is 19.1 Å². The van der Waals surface area contributed by atoms with Crippen molar-refractivity contribution in [1.82, 2.24) is 0 Å². The molecule has 1 unspecified atom stereocenters. The summed E-state index contributed by atoms with van der Waals surface area (Å²) >= 11 is 0. The molecule has 0 radical (unpaired) electrons. The number of benzene rings is 1. The first kappa shape index (κ1) is 14.1. The molecule has 1 aromatic carbocycles. The van der Waals surface area contributed by atoms with Crippen molar-refractivity contribution in [3.63, 3.8) is 0 Å². The van der Waals surface area contributed by atoms with Crippen LogP contribution in [0, 0.1) is 11.7 Å². The summed E-state index contributed by atoms with van der Waals surface area (Å²) in [6.07, 6.45) is 0.187. The molecule has 4 N–H and O–H groups in total. The number of anilines is 1. The molecule has 0 aliphatic rings. The smallest absolute Gasteiger partial charge is 0.337 e. The van der Waals surface area contributed by atoms with Gasteiger partial charge in [0.25, 0.3) is 0 Å². The number of carbonyl (C=O) groups is 2. The van der Waals surface area contributed by atoms with Crippen LogP contribution in [-0.4, -0.2) is 23.5 Å². The molecule has 98 valence electrons. The van der Waals surface area contributed by atoms with Crippen molar-refractivity contribution in [2.24, 2.45) is 11.7 Å². The van der Waals surface area contributed by atoms with E-state index >= 15 is 0 Å². The van der Waals surface area contributed by atoms with E-state index in [-0.39, 0.29) is 29.5 Å². The lowest BCUT2D eigenvalue weighted by molar-refractivity contribution is -0.116. The van der Waals surface area contributed by atoms with E-state index in [1.54, 1.807) is 0 Å². The van der Waals surface area contributed by atoms with Gasteiger partial charge < -0.3 is 16.2 Å². The third-order valence-corrected chi connectivity index (χ3v) is 2.42. The third-order valence-electron chi connectivity index (χ3n) is 2.42. The number of carboxylic acids is 1. The molecule has 1 aromatic rings. The Kier molecular flexibility index (Phi) is 4.79. The topological polar surface area (TPSA) is 92.4 Å². The number of rotatable bonds is 5. The number of hydrogen-bond donors (Lipinski definition) is 3. The van der Waals surface area contributed by atoms with Crippen LogP contribution in [0.5, 0.6) is 0 Å². The summed E-state index contributed by atoms with van der Waals surface area (Å²) in [6.45, 7) is 2.17. The fourth-order valence-electron chi connectivity index (χ4n) is 1.40. The van der Waals surface area contributed by atoms with Gasteiger partial charge in [-0.05, 0) is 30.7 Å². The number of aromatic carboxylic acids is 1. The maximum atomic E-state index is 12.9. The Hall–Kier alpha value is -1.95. The van der Waals surface area contributed by atoms with Gasteiger partial charge in [-0.15, -0.1) is 0 Å². The Morgan fingerprint density at radius 2 is 2.17 bits per heavy atom. The van der Waals surface area contributed by atoms with Crippen molar-refractivity contribution >= 4 is 17.6 Å². The molecule has 0 bridgehead atoms. The summed E-state index contributed by atoms with van der Waals surface area (Å²) in [6, 6.07) is 3.18. The molecule has 0 aliphatic carbocycles. The zero-order valence-corrected chi connectivity index (χ0v) is 9.94. The molecule has 0 heterocycles. The van der Waals surface area contributed by atoms with Gasteiger partial charge in [0.05, 0.1) is 11.3 Å². The van der Waals surface area contributed by atoms with Gasteiger partial charge in [0.2, 0.25) is 5.91 Å². The summed E-state index contributed by atoms with van der Waals surface area (Å²) in [7, 11) is 0. The molecule has 5 nitrogen and oxygen atoms in total. The van der Waals surface area contributed by atoms with Gasteiger partial charge in [-0.1, -0.05) is 6.92 Å². The average Bonchev–Trinajstić information content (AvgIpc) is 2.30. The van der Waals surface area contributed by atoms with Crippen LogP contribution in [0.4, 0.5) is 10.1 Å². The minimum absolute atomic E-state index is 0.00118. The molecular weight excluding hydrogens is 239 g/mol. The standard InChI is InChI=1S/C12H15FN2O3/c1-7(6-14)4-11(16)15-10-3-2-8(13)5-9(10)12(17)18/h2-3,5,7H,4,6,14H2,1H3,(H,15,16)(H,17,18). The number of nitrogens with two attached hydrogens (primary N) is 1. The number of nitrogens with one attached hydrogen (secondary N) is 1. The molecule has 6 heteroatoms. The summed E-state index contributed by atoms with van der Waals surface area (Å²) in [5.41, 5.74) is 5.20. The highest BCUT2D eigenvalue weighted by molar-refractivity contribution is 6.00. The van der Waals surface area contributed by atoms with Crippen LogP contribution in [0.2, 0.25) is 0 Å². The fraction of sp³-hybridized carbons (Fsp3) is 0.333. The quantitative estimate of drug-likeness (QED) is 0.741. The SMILES string of the molecule is CC(CN)CC(=O)Nc1ccc(F)cc1C(=O)O. The second-order valence-electron chi connectivity index (χ2n) is 4.09. The van der Waals surface area contributed by atoms with Gasteiger partial charge >= 0.3 is 5.97 Å². The highest BCUT2D eigenvalue weighted by Crippen LogP contribution is 2.17. The van der Waals surface area contributed by atoms with Crippen LogP contribution in [0.15, 0.2) is 18.2 Å². The van der Waals surface area contributed by atoms with Crippen LogP contribution in [0.1, 0.15) is 23.7 Å². The minimum Gasteiger partial charge on any atom is -0.478 e. The zero-order valence-electron chi connectivity index (χ0n) is 9.94. The van der Waals surface area contributed by atoms with Crippen LogP contribution in [0.3, 0.4) is 0 Å². The number of halogens is 1. The Labute approximate surface area is 104 Å². The fourth-order valence-corrected chi connectivity index (χ4v) is 1.40. The van der Waals surface area contributed by atoms with E-state index in [1.807, 2.05) is 6.92 Å². The third kappa shape index (κ3) is 3.81. The molecule has 1 rings (SSSR count). The Balaban J connectivity index is 2.84. The maximum Gasteiger partial charge on any atom is 0.337 e. The lowest BCUT2D eigenvalue weighted by Crippen LogP contribution is -2.21. The molecule has 0 spiro atoms. The van der Waals surface area contributed by atoms with Crippen LogP contribution >= 0.6 is 0 Å². The van der Waals surface area contributed by atoms with Crippen molar-refractivity contribution in [2.45, 2.75) is 13.3 Å². The second-order valence-corrected chi connectivity index (χ2v) is 4.09. The van der Waals surface area contributed by atoms with Gasteiger partial charge in [0.1, 0.15) is 5.82 Å². The van der Waals surface area contributed by atoms with E-state index in [1.165, 1.54) is 6.07 Å². The Morgan fingerprint density at radius 1 is 1.50 bits per heavy atom. The molecule has 0 saturated carbocycles. The Bertz CT molecular complexity index is 463. The monoisotopic (exact) mass is 254 g/mol. The molecule has 0 aliphatic heterocycles. The maximum absolute atomic E-state index is 12.9. The summed E-state index contributed by atoms with van der Waals surface area (Å²) in [5.74, 6) is -2.31. The first-order valence-electron chi connectivity index (χ1n) is 5.46. The summed E-state index contributed by atoms with van der Waals surface area (Å²) in [4.78, 5) is 22.5. The summed E-state index contributed by atoms with van der Waals surface area (Å²) in [5, 5.41) is 11.3. The largest absolute Gasteiger partial charge is 0.478 e. The molecule has 0 fully saturated rings. The van der Waals surface area contributed by atoms with Gasteiger partial charge in [-0.25, -0.2) is 9.18 Å². The van der Waals surface area contributed by atoms with E-state index in [9.17, 15) is 14.0 Å². The summed E-state index contributed by atoms with van der Waals surface area (Å²) < 4.78 is 12.9. The molecular formula is C12H15FN2O3. The average molecular weight is 254 g/mol. The van der Waals surface area contributed by atoms with Gasteiger partial charge in [-0.2, -0.15) is 0 Å². The van der Waals surface area contributed by atoms with Crippen LogP contribution in [0.25, 0.3) is 0 Å². The highest BCUT2D eigenvalue weighted by atomic mass is 19.1. The number of hydrogen-bond acceptors (Lipinski definition) is 3. The molecule has 0 saturated heterocycles. The first-order chi connectivity index (χ1) is 8.43. The second kappa shape index (κ2) is 6.11. The molecule has 18 heavy (non-hydrogen) atoms. The van der Waals surface area contributed by atoms with Crippen molar-refractivity contribution in [1.29, 1.82) is 0 Å². The zero-order chi connectivity index (χ0) is 13.7. The van der Waals surface area contributed by atoms with Gasteiger partial charge in [-0.3, -0.25) is 4.79 Å². The van der Waals surface area contributed by atoms with E-state index in [2.05, 4.69) is 5.32 Å². The number of amides is 1. The van der Waals surface area contributed by atoms with Crippen LogP contribution < -0.4 is 11.1 Å². The molecule has 0 aromatic heterocycles. The number of carbonyl (C=O) groups excluding carboxylic acids is 1. The van der Waals surface area contributed by atoms with Gasteiger partial charge in [0, 0.05) is 6.42 Å². The van der Waals surface area contributed by atoms with Gasteiger partial charge in [0.15, 0.2) is 0 Å². The van der Waals surface area contributed by atoms with E-state index < -0.39 is 11.8 Å². The lowest BCUT2D eigenvalue weighted by atomic mass is 10.1. The van der Waals surface area contributed by atoms with E-state index in [0.717, 1.165) is 12.1 Å². The predicted octanol–water partition coefficient (Wildman–Crippen LogP) is 1.45. The predicted molar refractivity (Wildman–Crippen MR) is 64.8 cm³/mol.